The van der Waals surface area contributed by atoms with Gasteiger partial charge in [0.05, 0.1) is 12.5 Å². The minimum atomic E-state index is -0.410. The molecule has 7 nitrogen and oxygen atoms in total. The largest absolute Gasteiger partial charge is 0.494 e. The quantitative estimate of drug-likeness (QED) is 0.263. The van der Waals surface area contributed by atoms with Gasteiger partial charge in [-0.25, -0.2) is 19.3 Å². The lowest BCUT2D eigenvalue weighted by Gasteiger charge is -2.16. The maximum Gasteiger partial charge on any atom is 0.199 e. The van der Waals surface area contributed by atoms with Crippen LogP contribution in [-0.2, 0) is 7.05 Å². The Morgan fingerprint density at radius 2 is 1.97 bits per heavy atom. The van der Waals surface area contributed by atoms with Gasteiger partial charge in [-0.05, 0) is 36.8 Å². The second-order valence-corrected chi connectivity index (χ2v) is 10.6. The number of hydrogen-bond donors (Lipinski definition) is 2. The molecule has 1 saturated carbocycles. The Kier molecular flexibility index (Phi) is 6.55. The molecule has 1 aliphatic carbocycles. The van der Waals surface area contributed by atoms with Crippen LogP contribution in [0.15, 0.2) is 60.9 Å². The predicted octanol–water partition coefficient (Wildman–Crippen LogP) is 6.15. The average Bonchev–Trinajstić information content (AvgIpc) is 3.67. The summed E-state index contributed by atoms with van der Waals surface area (Å²) in [4.78, 5) is 15.9. The van der Waals surface area contributed by atoms with Crippen molar-refractivity contribution in [1.82, 2.24) is 19.5 Å². The molecular formula is C29H28FN5O2S. The van der Waals surface area contributed by atoms with Crippen LogP contribution in [0.3, 0.4) is 0 Å². The van der Waals surface area contributed by atoms with Gasteiger partial charge in [0, 0.05) is 48.1 Å². The van der Waals surface area contributed by atoms with Gasteiger partial charge in [0.25, 0.3) is 0 Å². The summed E-state index contributed by atoms with van der Waals surface area (Å²) in [5.41, 5.74) is 2.28. The molecule has 2 N–H and O–H groups in total. The van der Waals surface area contributed by atoms with Gasteiger partial charge in [-0.15, -0.1) is 11.3 Å². The molecule has 0 radical (unpaired) electrons. The lowest BCUT2D eigenvalue weighted by Crippen LogP contribution is -2.18. The van der Waals surface area contributed by atoms with Gasteiger partial charge in [-0.2, -0.15) is 0 Å². The molecule has 6 rings (SSSR count). The summed E-state index contributed by atoms with van der Waals surface area (Å²) in [5, 5.41) is 14.2. The van der Waals surface area contributed by atoms with Crippen LogP contribution in [0.1, 0.15) is 19.3 Å². The molecule has 0 aliphatic heterocycles. The number of aromatic nitrogens is 4. The molecule has 0 saturated heterocycles. The van der Waals surface area contributed by atoms with Gasteiger partial charge in [0.15, 0.2) is 23.2 Å². The zero-order valence-corrected chi connectivity index (χ0v) is 22.0. The van der Waals surface area contributed by atoms with Crippen LogP contribution < -0.4 is 10.1 Å². The Labute approximate surface area is 224 Å². The summed E-state index contributed by atoms with van der Waals surface area (Å²) in [5.74, 6) is 1.91. The van der Waals surface area contributed by atoms with E-state index in [0.29, 0.717) is 23.0 Å². The summed E-state index contributed by atoms with van der Waals surface area (Å²) in [6.45, 7) is 0.183. The first-order valence-corrected chi connectivity index (χ1v) is 13.5. The summed E-state index contributed by atoms with van der Waals surface area (Å²) in [6.07, 6.45) is 6.35. The Balaban J connectivity index is 1.63. The molecule has 0 bridgehead atoms. The molecule has 0 spiro atoms. The molecule has 3 heterocycles. The molecule has 38 heavy (non-hydrogen) atoms. The highest BCUT2D eigenvalue weighted by Gasteiger charge is 2.28. The minimum Gasteiger partial charge on any atom is -0.494 e. The molecule has 1 fully saturated rings. The van der Waals surface area contributed by atoms with Gasteiger partial charge in [0.1, 0.15) is 10.6 Å². The van der Waals surface area contributed by atoms with E-state index >= 15 is 4.39 Å². The molecule has 2 aromatic carbocycles. The van der Waals surface area contributed by atoms with E-state index in [1.165, 1.54) is 18.4 Å². The maximum absolute atomic E-state index is 15.6. The molecule has 9 heteroatoms. The van der Waals surface area contributed by atoms with Crippen LogP contribution in [0.5, 0.6) is 5.75 Å². The number of thiophene rings is 1. The highest BCUT2D eigenvalue weighted by Crippen LogP contribution is 2.48. The smallest absolute Gasteiger partial charge is 0.199 e. The van der Waals surface area contributed by atoms with Crippen LogP contribution in [-0.4, -0.2) is 44.4 Å². The van der Waals surface area contributed by atoms with Crippen molar-refractivity contribution in [3.63, 3.8) is 0 Å². The number of hydrogen-bond acceptors (Lipinski definition) is 7. The normalized spacial score (nSPS) is 17.3. The number of rotatable bonds is 7. The Morgan fingerprint density at radius 1 is 1.13 bits per heavy atom. The molecular weight excluding hydrogens is 501 g/mol. The molecule has 1 aliphatic rings. The second kappa shape index (κ2) is 10.2. The summed E-state index contributed by atoms with van der Waals surface area (Å²) >= 11 is 1.44. The van der Waals surface area contributed by atoms with E-state index in [1.54, 1.807) is 24.4 Å². The van der Waals surface area contributed by atoms with Crippen LogP contribution >= 0.6 is 11.3 Å². The first kappa shape index (κ1) is 24.5. The van der Waals surface area contributed by atoms with Crippen LogP contribution in [0.4, 0.5) is 10.2 Å². The fraction of sp³-hybridized carbons (Fsp3) is 0.276. The van der Waals surface area contributed by atoms with Crippen LogP contribution in [0.2, 0.25) is 0 Å². The third-order valence-corrected chi connectivity index (χ3v) is 8.32. The van der Waals surface area contributed by atoms with Crippen molar-refractivity contribution in [1.29, 1.82) is 0 Å². The number of aryl methyl sites for hydroxylation is 1. The fourth-order valence-electron chi connectivity index (χ4n) is 5.27. The molecule has 0 unspecified atom stereocenters. The van der Waals surface area contributed by atoms with Gasteiger partial charge in [-0.1, -0.05) is 42.5 Å². The van der Waals surface area contributed by atoms with Crippen molar-refractivity contribution in [3.05, 3.63) is 66.7 Å². The van der Waals surface area contributed by atoms with E-state index in [4.69, 9.17) is 14.7 Å². The minimum absolute atomic E-state index is 0.167. The first-order chi connectivity index (χ1) is 18.6. The van der Waals surface area contributed by atoms with Gasteiger partial charge >= 0.3 is 0 Å². The van der Waals surface area contributed by atoms with Gasteiger partial charge in [-0.3, -0.25) is 0 Å². The lowest BCUT2D eigenvalue weighted by molar-refractivity contribution is 0.229. The standard InChI is InChI=1S/C29H28FN5O2S/c1-35-14-13-31-28(35)27-33-26(32-19-12-11-17(15-19)16-36)23-22(18-7-4-3-5-8-18)25(38-29(23)34-27)20-9-6-10-21(37-2)24(20)30/h3-10,13-14,17,19,36H,11-12,15-16H2,1-2H3,(H,32,33,34)/t17-,19-/m0/s1. The Hall–Kier alpha value is -3.82. The van der Waals surface area contributed by atoms with Crippen molar-refractivity contribution in [2.24, 2.45) is 13.0 Å². The van der Waals surface area contributed by atoms with Crippen molar-refractivity contribution in [3.8, 4) is 39.0 Å². The summed E-state index contributed by atoms with van der Waals surface area (Å²) in [6, 6.07) is 15.3. The third kappa shape index (κ3) is 4.31. The number of fused-ring (bicyclic) bond motifs is 1. The number of halogens is 1. The van der Waals surface area contributed by atoms with Crippen LogP contribution in [0, 0.1) is 11.7 Å². The molecule has 3 aromatic heterocycles. The molecule has 0 amide bonds. The highest BCUT2D eigenvalue weighted by atomic mass is 32.1. The van der Waals surface area contributed by atoms with Crippen molar-refractivity contribution < 1.29 is 14.2 Å². The Morgan fingerprint density at radius 3 is 2.68 bits per heavy atom. The van der Waals surface area contributed by atoms with Crippen molar-refractivity contribution in [2.45, 2.75) is 25.3 Å². The zero-order chi connectivity index (χ0) is 26.2. The Bertz CT molecular complexity index is 1600. The summed E-state index contributed by atoms with van der Waals surface area (Å²) in [7, 11) is 3.38. The van der Waals surface area contributed by atoms with E-state index in [1.807, 2.05) is 48.1 Å². The van der Waals surface area contributed by atoms with Crippen LogP contribution in [0.25, 0.3) is 43.4 Å². The first-order valence-electron chi connectivity index (χ1n) is 12.6. The van der Waals surface area contributed by atoms with E-state index in [-0.39, 0.29) is 24.3 Å². The van der Waals surface area contributed by atoms with Crippen molar-refractivity contribution >= 4 is 27.4 Å². The number of anilines is 1. The topological polar surface area (TPSA) is 85.1 Å². The van der Waals surface area contributed by atoms with Crippen molar-refractivity contribution in [2.75, 3.05) is 19.0 Å². The zero-order valence-electron chi connectivity index (χ0n) is 21.2. The maximum atomic E-state index is 15.6. The SMILES string of the molecule is COc1cccc(-c2sc3nc(-c4nccn4C)nc(N[C@H]4CC[C@H](CO)C4)c3c2-c2ccccc2)c1F. The number of ether oxygens (including phenoxy) is 1. The van der Waals surface area contributed by atoms with E-state index < -0.39 is 5.82 Å². The monoisotopic (exact) mass is 529 g/mol. The second-order valence-electron chi connectivity index (χ2n) is 9.63. The number of nitrogens with zero attached hydrogens (tertiary/aromatic N) is 4. The number of aliphatic hydroxyl groups is 1. The highest BCUT2D eigenvalue weighted by molar-refractivity contribution is 7.22. The molecule has 194 valence electrons. The number of imidazole rings is 1. The van der Waals surface area contributed by atoms with E-state index in [2.05, 4.69) is 10.3 Å². The molecule has 5 aromatic rings. The number of nitrogens with one attached hydrogen (secondary N) is 1. The van der Waals surface area contributed by atoms with E-state index in [0.717, 1.165) is 45.5 Å². The van der Waals surface area contributed by atoms with Gasteiger partial charge in [0.2, 0.25) is 0 Å². The number of methoxy groups -OCH3 is 1. The summed E-state index contributed by atoms with van der Waals surface area (Å²) < 4.78 is 22.8. The van der Waals surface area contributed by atoms with Gasteiger partial charge < -0.3 is 19.7 Å². The third-order valence-electron chi connectivity index (χ3n) is 7.20. The average molecular weight is 530 g/mol. The van der Waals surface area contributed by atoms with E-state index in [9.17, 15) is 5.11 Å². The molecule has 2 atom stereocenters. The fourth-order valence-corrected chi connectivity index (χ4v) is 6.48. The number of benzene rings is 2. The number of aliphatic hydroxyl groups excluding tert-OH is 1. The predicted molar refractivity (Wildman–Crippen MR) is 149 cm³/mol. The lowest BCUT2D eigenvalue weighted by atomic mass is 9.99.